The predicted octanol–water partition coefficient (Wildman–Crippen LogP) is 4.07. The molecule has 1 aromatic rings. The zero-order chi connectivity index (χ0) is 14.7. The number of ether oxygens (including phenoxy) is 1. The Morgan fingerprint density at radius 2 is 2.25 bits per heavy atom. The molecule has 1 amide bonds. The average molecular weight is 372 g/mol. The summed E-state index contributed by atoms with van der Waals surface area (Å²) in [7, 11) is 1.69. The summed E-state index contributed by atoms with van der Waals surface area (Å²) in [5.41, 5.74) is 0.877. The minimum atomic E-state index is -0.0681. The molecule has 106 valence electrons. The third-order valence-corrected chi connectivity index (χ3v) is 4.68. The Balaban J connectivity index is 2.34. The number of rotatable bonds is 4. The molecule has 1 saturated heterocycles. The van der Waals surface area contributed by atoms with Crippen LogP contribution in [0, 0.1) is 0 Å². The third-order valence-electron chi connectivity index (χ3n) is 2.71. The van der Waals surface area contributed by atoms with Gasteiger partial charge in [-0.25, -0.2) is 0 Å². The molecule has 0 atom stereocenters. The Morgan fingerprint density at radius 3 is 2.85 bits per heavy atom. The quantitative estimate of drug-likeness (QED) is 0.589. The first-order chi connectivity index (χ1) is 9.52. The third kappa shape index (κ3) is 3.42. The van der Waals surface area contributed by atoms with E-state index in [1.807, 2.05) is 24.3 Å². The normalized spacial score (nSPS) is 17.1. The van der Waals surface area contributed by atoms with Crippen molar-refractivity contribution in [2.45, 2.75) is 13.3 Å². The number of hydrogen-bond acceptors (Lipinski definition) is 4. The fourth-order valence-corrected chi connectivity index (χ4v) is 3.21. The van der Waals surface area contributed by atoms with Crippen LogP contribution in [0.1, 0.15) is 18.9 Å². The molecule has 0 bridgehead atoms. The Kier molecular flexibility index (Phi) is 5.23. The van der Waals surface area contributed by atoms with E-state index in [4.69, 9.17) is 17.0 Å². The summed E-state index contributed by atoms with van der Waals surface area (Å²) < 4.78 is 7.23. The first-order valence-corrected chi connectivity index (χ1v) is 8.18. The van der Waals surface area contributed by atoms with Gasteiger partial charge in [-0.3, -0.25) is 9.69 Å². The van der Waals surface area contributed by atoms with Crippen molar-refractivity contribution in [2.24, 2.45) is 0 Å². The predicted molar refractivity (Wildman–Crippen MR) is 90.9 cm³/mol. The molecule has 6 heteroatoms. The van der Waals surface area contributed by atoms with Gasteiger partial charge in [0.1, 0.15) is 10.1 Å². The summed E-state index contributed by atoms with van der Waals surface area (Å²) in [6.45, 7) is 2.71. The van der Waals surface area contributed by atoms with Gasteiger partial charge in [0.05, 0.1) is 11.5 Å². The monoisotopic (exact) mass is 371 g/mol. The van der Waals surface area contributed by atoms with Crippen molar-refractivity contribution in [3.8, 4) is 5.75 Å². The van der Waals surface area contributed by atoms with E-state index in [1.165, 1.54) is 16.7 Å². The maximum Gasteiger partial charge on any atom is 0.265 e. The van der Waals surface area contributed by atoms with E-state index in [9.17, 15) is 4.79 Å². The van der Waals surface area contributed by atoms with Crippen molar-refractivity contribution in [1.82, 2.24) is 4.90 Å². The molecule has 20 heavy (non-hydrogen) atoms. The highest BCUT2D eigenvalue weighted by Crippen LogP contribution is 2.34. The molecule has 0 aliphatic carbocycles. The van der Waals surface area contributed by atoms with Crippen LogP contribution in [0.2, 0.25) is 0 Å². The maximum absolute atomic E-state index is 12.0. The van der Waals surface area contributed by atoms with Gasteiger partial charge in [-0.1, -0.05) is 46.8 Å². The lowest BCUT2D eigenvalue weighted by molar-refractivity contribution is -0.121. The Hall–Kier alpha value is -0.850. The second-order valence-electron chi connectivity index (χ2n) is 4.27. The van der Waals surface area contributed by atoms with E-state index >= 15 is 0 Å². The highest BCUT2D eigenvalue weighted by atomic mass is 79.9. The SMILES string of the molecule is CCCOc1ccc(Br)cc1/C=C1\SC(=S)N(C)C1=O. The Labute approximate surface area is 136 Å². The molecule has 1 aliphatic heterocycles. The smallest absolute Gasteiger partial charge is 0.265 e. The van der Waals surface area contributed by atoms with Crippen LogP contribution >= 0.6 is 39.9 Å². The molecule has 1 fully saturated rings. The lowest BCUT2D eigenvalue weighted by Crippen LogP contribution is -2.22. The Bertz CT molecular complexity index is 587. The van der Waals surface area contributed by atoms with E-state index in [-0.39, 0.29) is 5.91 Å². The molecule has 0 spiro atoms. The summed E-state index contributed by atoms with van der Waals surface area (Å²) >= 11 is 9.88. The lowest BCUT2D eigenvalue weighted by Gasteiger charge is -2.09. The lowest BCUT2D eigenvalue weighted by atomic mass is 10.2. The van der Waals surface area contributed by atoms with Crippen molar-refractivity contribution >= 4 is 56.2 Å². The zero-order valence-corrected chi connectivity index (χ0v) is 14.4. The van der Waals surface area contributed by atoms with Gasteiger partial charge in [0.2, 0.25) is 0 Å². The van der Waals surface area contributed by atoms with Crippen LogP contribution in [-0.2, 0) is 4.79 Å². The van der Waals surface area contributed by atoms with Crippen molar-refractivity contribution < 1.29 is 9.53 Å². The highest BCUT2D eigenvalue weighted by molar-refractivity contribution is 9.10. The molecule has 0 unspecified atom stereocenters. The van der Waals surface area contributed by atoms with Crippen molar-refractivity contribution in [1.29, 1.82) is 0 Å². The molecule has 1 heterocycles. The largest absolute Gasteiger partial charge is 0.493 e. The number of amides is 1. The minimum Gasteiger partial charge on any atom is -0.493 e. The number of nitrogens with zero attached hydrogens (tertiary/aromatic N) is 1. The number of thiocarbonyl (C=S) groups is 1. The van der Waals surface area contributed by atoms with Crippen LogP contribution in [0.3, 0.4) is 0 Å². The van der Waals surface area contributed by atoms with E-state index in [1.54, 1.807) is 7.05 Å². The highest BCUT2D eigenvalue weighted by Gasteiger charge is 2.28. The first kappa shape index (κ1) is 15.5. The number of halogens is 1. The van der Waals surface area contributed by atoms with Gasteiger partial charge < -0.3 is 4.74 Å². The molecule has 1 aliphatic rings. The first-order valence-electron chi connectivity index (χ1n) is 6.17. The second-order valence-corrected chi connectivity index (χ2v) is 6.86. The van der Waals surface area contributed by atoms with Gasteiger partial charge in [-0.05, 0) is 30.7 Å². The van der Waals surface area contributed by atoms with Crippen LogP contribution in [0.4, 0.5) is 0 Å². The number of benzene rings is 1. The summed E-state index contributed by atoms with van der Waals surface area (Å²) in [5.74, 6) is 0.706. The molecular formula is C14H14BrNO2S2. The summed E-state index contributed by atoms with van der Waals surface area (Å²) in [4.78, 5) is 14.1. The molecule has 1 aromatic carbocycles. The van der Waals surface area contributed by atoms with Crippen LogP contribution in [0.25, 0.3) is 6.08 Å². The van der Waals surface area contributed by atoms with Crippen molar-refractivity contribution in [2.75, 3.05) is 13.7 Å². The van der Waals surface area contributed by atoms with Crippen molar-refractivity contribution in [3.05, 3.63) is 33.1 Å². The molecule has 0 saturated carbocycles. The van der Waals surface area contributed by atoms with E-state index in [0.717, 1.165) is 22.2 Å². The van der Waals surface area contributed by atoms with E-state index in [2.05, 4.69) is 22.9 Å². The topological polar surface area (TPSA) is 29.5 Å². The summed E-state index contributed by atoms with van der Waals surface area (Å²) in [6.07, 6.45) is 2.77. The Morgan fingerprint density at radius 1 is 1.50 bits per heavy atom. The number of hydrogen-bond donors (Lipinski definition) is 0. The number of carbonyl (C=O) groups excluding carboxylic acids is 1. The van der Waals surface area contributed by atoms with Gasteiger partial charge >= 0.3 is 0 Å². The number of thioether (sulfide) groups is 1. The fraction of sp³-hybridized carbons (Fsp3) is 0.286. The van der Waals surface area contributed by atoms with Gasteiger partial charge in [-0.2, -0.15) is 0 Å². The van der Waals surface area contributed by atoms with E-state index in [0.29, 0.717) is 15.8 Å². The maximum atomic E-state index is 12.0. The molecule has 3 nitrogen and oxygen atoms in total. The molecular weight excluding hydrogens is 358 g/mol. The van der Waals surface area contributed by atoms with Gasteiger partial charge in [0.25, 0.3) is 5.91 Å². The summed E-state index contributed by atoms with van der Waals surface area (Å²) in [6, 6.07) is 5.76. The number of carbonyl (C=O) groups is 1. The molecule has 0 aromatic heterocycles. The standard InChI is InChI=1S/C14H14BrNO2S2/c1-3-6-18-11-5-4-10(15)7-9(11)8-12-13(17)16(2)14(19)20-12/h4-5,7-8H,3,6H2,1-2H3/b12-8-. The van der Waals surface area contributed by atoms with Gasteiger partial charge in [0.15, 0.2) is 0 Å². The van der Waals surface area contributed by atoms with Crippen LogP contribution in [0.15, 0.2) is 27.6 Å². The van der Waals surface area contributed by atoms with Crippen molar-refractivity contribution in [3.63, 3.8) is 0 Å². The zero-order valence-electron chi connectivity index (χ0n) is 11.2. The number of likely N-dealkylation sites (N-methyl/N-ethyl adjacent to an activating group) is 1. The van der Waals surface area contributed by atoms with Gasteiger partial charge in [-0.15, -0.1) is 0 Å². The summed E-state index contributed by atoms with van der Waals surface area (Å²) in [5, 5.41) is 0. The minimum absolute atomic E-state index is 0.0681. The second kappa shape index (κ2) is 6.74. The average Bonchev–Trinajstić information content (AvgIpc) is 2.66. The molecule has 2 rings (SSSR count). The van der Waals surface area contributed by atoms with Crippen LogP contribution < -0.4 is 4.74 Å². The van der Waals surface area contributed by atoms with Gasteiger partial charge in [0, 0.05) is 17.1 Å². The molecule has 0 N–H and O–H groups in total. The molecule has 0 radical (unpaired) electrons. The van der Waals surface area contributed by atoms with Crippen LogP contribution in [-0.4, -0.2) is 28.8 Å². The van der Waals surface area contributed by atoms with Crippen LogP contribution in [0.5, 0.6) is 5.75 Å². The fourth-order valence-electron chi connectivity index (χ4n) is 1.66. The van der Waals surface area contributed by atoms with E-state index < -0.39 is 0 Å².